The summed E-state index contributed by atoms with van der Waals surface area (Å²) in [5.74, 6) is 2.57. The molecule has 0 N–H and O–H groups in total. The van der Waals surface area contributed by atoms with E-state index in [4.69, 9.17) is 24.9 Å². The Morgan fingerprint density at radius 2 is 0.415 bits per heavy atom. The average molecular weight is 1350 g/mol. The Balaban J connectivity index is 0.000000141. The quantitative estimate of drug-likeness (QED) is 0.129. The van der Waals surface area contributed by atoms with E-state index in [9.17, 15) is 0 Å². The predicted molar refractivity (Wildman–Crippen MR) is 437 cm³/mol. The van der Waals surface area contributed by atoms with Gasteiger partial charge < -0.3 is 13.7 Å². The molecular weight excluding hydrogens is 1290 g/mol. The van der Waals surface area contributed by atoms with Gasteiger partial charge in [0.15, 0.2) is 17.5 Å². The van der Waals surface area contributed by atoms with Crippen molar-refractivity contribution in [1.82, 2.24) is 43.2 Å². The van der Waals surface area contributed by atoms with E-state index in [-0.39, 0.29) is 0 Å². The van der Waals surface area contributed by atoms with E-state index in [0.29, 0.717) is 23.4 Å². The molecule has 0 saturated carbocycles. The number of nitrogens with zero attached hydrogens (tertiary/aromatic N) is 9. The van der Waals surface area contributed by atoms with Crippen LogP contribution in [0.2, 0.25) is 0 Å². The molecule has 9 heteroatoms. The number of hydrogen-bond acceptors (Lipinski definition) is 5. The molecule has 106 heavy (non-hydrogen) atoms. The van der Waals surface area contributed by atoms with Crippen LogP contribution in [0.25, 0.3) is 189 Å². The summed E-state index contributed by atoms with van der Waals surface area (Å²) in [6.07, 6.45) is 0. The molecular formula is C97H63N9. The van der Waals surface area contributed by atoms with Gasteiger partial charge in [0.05, 0.1) is 55.5 Å². The first-order valence-corrected chi connectivity index (χ1v) is 35.8. The van der Waals surface area contributed by atoms with Gasteiger partial charge in [-0.15, -0.1) is 0 Å². The highest BCUT2D eigenvalue weighted by Gasteiger charge is 2.22. The standard InChI is InChI=1S/C51H33N5.C46H30N4/c1-4-15-34(16-5-1)49-52-50(35-17-6-2-7-18-35)54-51(53-49)38-19-14-22-40(31-38)56-46-26-13-11-24-42(46)44-33-37(28-30-48(44)56)36-27-29-47-43(32-36)41-23-10-12-25-45(41)55(47)39-20-8-3-9-21-39;1-4-14-31(15-5-1)40-30-41(32-16-6-2-7-17-32)48-46(47-40)50-43-23-13-11-21-37(43)39-29-34(25-27-45(39)50)33-24-26-44-38(28-33)36-20-10-12-22-42(36)49(44)35-18-8-3-9-19-35/h1-33H;1-30H. The molecule has 0 radical (unpaired) electrons. The smallest absolute Gasteiger partial charge is 0.235 e. The van der Waals surface area contributed by atoms with Crippen molar-refractivity contribution in [3.8, 4) is 102 Å². The molecule has 496 valence electrons. The zero-order valence-electron chi connectivity index (χ0n) is 57.4. The summed E-state index contributed by atoms with van der Waals surface area (Å²) < 4.78 is 9.29. The van der Waals surface area contributed by atoms with Crippen molar-refractivity contribution in [1.29, 1.82) is 0 Å². The van der Waals surface area contributed by atoms with Crippen LogP contribution in [0, 0.1) is 0 Å². The van der Waals surface area contributed by atoms with Crippen molar-refractivity contribution < 1.29 is 0 Å². The molecule has 0 bridgehead atoms. The van der Waals surface area contributed by atoms with Gasteiger partial charge in [0.2, 0.25) is 5.95 Å². The van der Waals surface area contributed by atoms with Crippen molar-refractivity contribution in [2.24, 2.45) is 0 Å². The van der Waals surface area contributed by atoms with Crippen molar-refractivity contribution in [2.75, 3.05) is 0 Å². The molecule has 0 aliphatic heterocycles. The summed E-state index contributed by atoms with van der Waals surface area (Å²) in [7, 11) is 0. The molecule has 15 aromatic carbocycles. The van der Waals surface area contributed by atoms with E-state index in [1.165, 1.54) is 87.4 Å². The van der Waals surface area contributed by atoms with Crippen LogP contribution in [0.5, 0.6) is 0 Å². The first-order valence-electron chi connectivity index (χ1n) is 35.8. The van der Waals surface area contributed by atoms with Crippen LogP contribution in [-0.2, 0) is 0 Å². The van der Waals surface area contributed by atoms with Gasteiger partial charge in [-0.05, 0) is 138 Å². The Labute approximate surface area is 610 Å². The summed E-state index contributed by atoms with van der Waals surface area (Å²) in [5, 5.41) is 9.71. The minimum Gasteiger partial charge on any atom is -0.309 e. The van der Waals surface area contributed by atoms with Crippen molar-refractivity contribution >= 4 is 87.2 Å². The van der Waals surface area contributed by atoms with E-state index < -0.39 is 0 Å². The summed E-state index contributed by atoms with van der Waals surface area (Å²) in [6.45, 7) is 0. The first kappa shape index (κ1) is 61.5. The van der Waals surface area contributed by atoms with Gasteiger partial charge in [0.25, 0.3) is 0 Å². The lowest BCUT2D eigenvalue weighted by Gasteiger charge is -2.12. The maximum atomic E-state index is 5.19. The third-order valence-corrected chi connectivity index (χ3v) is 20.5. The number of hydrogen-bond donors (Lipinski definition) is 0. The molecule has 21 aromatic rings. The van der Waals surface area contributed by atoms with Gasteiger partial charge in [0.1, 0.15) is 0 Å². The van der Waals surface area contributed by atoms with E-state index in [1.54, 1.807) is 0 Å². The number of rotatable bonds is 11. The van der Waals surface area contributed by atoms with Crippen LogP contribution in [0.4, 0.5) is 0 Å². The lowest BCUT2D eigenvalue weighted by molar-refractivity contribution is 0.995. The fourth-order valence-electron chi connectivity index (χ4n) is 15.6. The number of para-hydroxylation sites is 6. The Bertz CT molecular complexity index is 6810. The van der Waals surface area contributed by atoms with Gasteiger partial charge in [-0.3, -0.25) is 4.57 Å². The third-order valence-electron chi connectivity index (χ3n) is 20.5. The number of fused-ring (bicyclic) bond motifs is 12. The van der Waals surface area contributed by atoms with Gasteiger partial charge in [-0.25, -0.2) is 24.9 Å². The maximum absolute atomic E-state index is 5.19. The number of benzene rings is 15. The SMILES string of the molecule is c1ccc(-c2cc(-c3ccccc3)nc(-n3c4ccccc4c4cc(-c5ccc6c(c5)c5ccccc5n6-c5ccccc5)ccc43)n2)cc1.c1ccc(-c2nc(-c3ccccc3)nc(-c3cccc(-n4c5ccccc5c5cc(-c6ccc7c(c6)c6ccccc6n7-c6ccccc6)ccc54)c3)n2)cc1. The predicted octanol–water partition coefficient (Wildman–Crippen LogP) is 24.4. The molecule has 0 atom stereocenters. The van der Waals surface area contributed by atoms with Crippen LogP contribution in [0.3, 0.4) is 0 Å². The highest BCUT2D eigenvalue weighted by Crippen LogP contribution is 2.42. The summed E-state index contributed by atoms with van der Waals surface area (Å²) in [5.41, 5.74) is 24.0. The monoisotopic (exact) mass is 1350 g/mol. The normalized spacial score (nSPS) is 11.6. The minimum atomic E-state index is 0.631. The Morgan fingerprint density at radius 3 is 0.783 bits per heavy atom. The van der Waals surface area contributed by atoms with Crippen LogP contribution < -0.4 is 0 Å². The van der Waals surface area contributed by atoms with E-state index in [1.807, 2.05) is 72.8 Å². The molecule has 6 heterocycles. The molecule has 0 aliphatic carbocycles. The van der Waals surface area contributed by atoms with E-state index >= 15 is 0 Å². The van der Waals surface area contributed by atoms with Crippen LogP contribution in [-0.4, -0.2) is 43.2 Å². The van der Waals surface area contributed by atoms with Gasteiger partial charge in [0, 0.05) is 88.0 Å². The maximum Gasteiger partial charge on any atom is 0.235 e. The van der Waals surface area contributed by atoms with Crippen molar-refractivity contribution in [3.63, 3.8) is 0 Å². The topological polar surface area (TPSA) is 84.2 Å². The number of aromatic nitrogens is 9. The summed E-state index contributed by atoms with van der Waals surface area (Å²) in [4.78, 5) is 25.3. The lowest BCUT2D eigenvalue weighted by atomic mass is 10.0. The molecule has 0 amide bonds. The second-order valence-corrected chi connectivity index (χ2v) is 26.8. The van der Waals surface area contributed by atoms with Crippen LogP contribution in [0.1, 0.15) is 0 Å². The molecule has 6 aromatic heterocycles. The molecule has 0 fully saturated rings. The zero-order chi connectivity index (χ0) is 70.0. The summed E-state index contributed by atoms with van der Waals surface area (Å²) in [6, 6.07) is 135. The highest BCUT2D eigenvalue weighted by atomic mass is 15.2. The van der Waals surface area contributed by atoms with Crippen molar-refractivity contribution in [3.05, 3.63) is 382 Å². The fourth-order valence-corrected chi connectivity index (χ4v) is 15.6. The van der Waals surface area contributed by atoms with Gasteiger partial charge in [-0.1, -0.05) is 267 Å². The molecule has 0 aliphatic rings. The second kappa shape index (κ2) is 25.9. The highest BCUT2D eigenvalue weighted by molar-refractivity contribution is 6.15. The third kappa shape index (κ3) is 10.8. The van der Waals surface area contributed by atoms with Gasteiger partial charge in [-0.2, -0.15) is 0 Å². The largest absolute Gasteiger partial charge is 0.309 e. The molecule has 0 unspecified atom stereocenters. The average Bonchev–Trinajstić information content (AvgIpc) is 1.59. The minimum absolute atomic E-state index is 0.631. The van der Waals surface area contributed by atoms with Crippen LogP contribution >= 0.6 is 0 Å². The van der Waals surface area contributed by atoms with E-state index in [0.717, 1.165) is 78.3 Å². The fraction of sp³-hybridized carbons (Fsp3) is 0. The lowest BCUT2D eigenvalue weighted by Crippen LogP contribution is -2.03. The van der Waals surface area contributed by atoms with Gasteiger partial charge >= 0.3 is 0 Å². The summed E-state index contributed by atoms with van der Waals surface area (Å²) >= 11 is 0. The van der Waals surface area contributed by atoms with E-state index in [2.05, 4.69) is 328 Å². The van der Waals surface area contributed by atoms with Crippen molar-refractivity contribution in [2.45, 2.75) is 0 Å². The molecule has 9 nitrogen and oxygen atoms in total. The Morgan fingerprint density at radius 1 is 0.151 bits per heavy atom. The van der Waals surface area contributed by atoms with Crippen LogP contribution in [0.15, 0.2) is 382 Å². The second-order valence-electron chi connectivity index (χ2n) is 26.8. The Hall–Kier alpha value is -14.4. The molecule has 0 spiro atoms. The molecule has 21 rings (SSSR count). The first-order chi connectivity index (χ1) is 52.6. The zero-order valence-corrected chi connectivity index (χ0v) is 57.4. The Kier molecular flexibility index (Phi) is 15.0. The molecule has 0 saturated heterocycles.